The monoisotopic (exact) mass is 226 g/mol. The number of fused-ring (bicyclic) bond motifs is 1. The molecule has 0 radical (unpaired) electrons. The minimum atomic E-state index is 0.0344. The SMILES string of the molecule is Cc1ccc2c(c1)nc[s+]2-c1ccccc1. The fourth-order valence-corrected chi connectivity index (χ4v) is 3.55. The van der Waals surface area contributed by atoms with Gasteiger partial charge in [-0.1, -0.05) is 24.3 Å². The highest BCUT2D eigenvalue weighted by Gasteiger charge is 2.15. The minimum absolute atomic E-state index is 0.0344. The molecule has 1 aromatic heterocycles. The van der Waals surface area contributed by atoms with E-state index in [9.17, 15) is 0 Å². The molecular formula is C14H12NS+. The molecule has 1 heterocycles. The van der Waals surface area contributed by atoms with Gasteiger partial charge in [0.1, 0.15) is 5.52 Å². The Morgan fingerprint density at radius 1 is 1.00 bits per heavy atom. The summed E-state index contributed by atoms with van der Waals surface area (Å²) in [5.74, 6) is 0. The first-order chi connectivity index (χ1) is 7.84. The second-order valence-electron chi connectivity index (χ2n) is 3.86. The summed E-state index contributed by atoms with van der Waals surface area (Å²) >= 11 is 0. The standard InChI is InChI=1S/C14H12NS/c1-11-7-8-14-13(9-11)15-10-16(14)12-5-3-2-4-6-12/h2-10H,1H3/q+1. The molecule has 0 fully saturated rings. The summed E-state index contributed by atoms with van der Waals surface area (Å²) in [6.07, 6.45) is 0. The average molecular weight is 226 g/mol. The molecule has 0 amide bonds. The number of aryl methyl sites for hydroxylation is 1. The van der Waals surface area contributed by atoms with Crippen molar-refractivity contribution >= 4 is 20.7 Å². The molecule has 0 aliphatic carbocycles. The van der Waals surface area contributed by atoms with Crippen molar-refractivity contribution in [3.63, 3.8) is 0 Å². The lowest BCUT2D eigenvalue weighted by atomic mass is 10.2. The third-order valence-corrected chi connectivity index (χ3v) is 4.56. The van der Waals surface area contributed by atoms with Crippen LogP contribution in [0.4, 0.5) is 0 Å². The maximum atomic E-state index is 4.51. The highest BCUT2D eigenvalue weighted by molar-refractivity contribution is 7.43. The molecule has 1 atom stereocenters. The van der Waals surface area contributed by atoms with Gasteiger partial charge in [-0.05, 0) is 30.7 Å². The fraction of sp³-hybridized carbons (Fsp3) is 0.0714. The molecule has 16 heavy (non-hydrogen) atoms. The molecule has 0 saturated heterocycles. The van der Waals surface area contributed by atoms with Gasteiger partial charge in [-0.3, -0.25) is 0 Å². The number of hydrogen-bond donors (Lipinski definition) is 0. The maximum absolute atomic E-state index is 4.51. The van der Waals surface area contributed by atoms with Crippen LogP contribution in [0.1, 0.15) is 5.56 Å². The van der Waals surface area contributed by atoms with Crippen molar-refractivity contribution in [3.05, 3.63) is 59.6 Å². The van der Waals surface area contributed by atoms with Gasteiger partial charge in [0.05, 0.1) is 0 Å². The van der Waals surface area contributed by atoms with E-state index in [0.717, 1.165) is 5.52 Å². The van der Waals surface area contributed by atoms with Crippen molar-refractivity contribution in [2.75, 3.05) is 0 Å². The summed E-state index contributed by atoms with van der Waals surface area (Å²) in [7, 11) is 0.0344. The number of rotatable bonds is 1. The van der Waals surface area contributed by atoms with Gasteiger partial charge in [-0.25, -0.2) is 0 Å². The molecule has 2 heteroatoms. The fourth-order valence-electron chi connectivity index (χ4n) is 1.84. The third kappa shape index (κ3) is 1.51. The molecule has 3 aromatic rings. The molecule has 0 aliphatic rings. The van der Waals surface area contributed by atoms with Gasteiger partial charge in [-0.2, -0.15) is 4.98 Å². The van der Waals surface area contributed by atoms with Crippen molar-refractivity contribution in [2.24, 2.45) is 0 Å². The van der Waals surface area contributed by atoms with Crippen LogP contribution in [0.15, 0.2) is 54.0 Å². The van der Waals surface area contributed by atoms with Crippen LogP contribution in [0.2, 0.25) is 0 Å². The molecule has 0 bridgehead atoms. The Morgan fingerprint density at radius 2 is 1.81 bits per heavy atom. The molecule has 1 unspecified atom stereocenters. The number of hydrogen-bond acceptors (Lipinski definition) is 1. The van der Waals surface area contributed by atoms with Crippen LogP contribution in [0.25, 0.3) is 15.1 Å². The number of thiazole rings is 1. The van der Waals surface area contributed by atoms with Gasteiger partial charge in [0.2, 0.25) is 10.2 Å². The van der Waals surface area contributed by atoms with E-state index in [1.54, 1.807) is 0 Å². The number of aromatic nitrogens is 1. The first-order valence-electron chi connectivity index (χ1n) is 5.27. The lowest BCUT2D eigenvalue weighted by Crippen LogP contribution is -1.71. The van der Waals surface area contributed by atoms with E-state index in [4.69, 9.17) is 0 Å². The van der Waals surface area contributed by atoms with Gasteiger partial charge >= 0.3 is 0 Å². The lowest BCUT2D eigenvalue weighted by molar-refractivity contribution is 1.45. The second kappa shape index (κ2) is 3.72. The van der Waals surface area contributed by atoms with Crippen LogP contribution in [-0.2, 0) is 0 Å². The van der Waals surface area contributed by atoms with E-state index in [0.29, 0.717) is 0 Å². The number of nitrogens with zero attached hydrogens (tertiary/aromatic N) is 1. The quantitative estimate of drug-likeness (QED) is 0.564. The topological polar surface area (TPSA) is 12.9 Å². The summed E-state index contributed by atoms with van der Waals surface area (Å²) in [5.41, 5.74) is 4.47. The van der Waals surface area contributed by atoms with Crippen molar-refractivity contribution in [1.29, 1.82) is 0 Å². The van der Waals surface area contributed by atoms with E-state index in [2.05, 4.69) is 65.9 Å². The largest absolute Gasteiger partial charge is 0.236 e. The molecule has 1 nitrogen and oxygen atoms in total. The second-order valence-corrected chi connectivity index (χ2v) is 5.65. The van der Waals surface area contributed by atoms with E-state index >= 15 is 0 Å². The molecule has 2 aromatic carbocycles. The van der Waals surface area contributed by atoms with E-state index in [1.807, 2.05) is 0 Å². The minimum Gasteiger partial charge on any atom is -0.199 e. The zero-order valence-corrected chi connectivity index (χ0v) is 9.87. The van der Waals surface area contributed by atoms with Gasteiger partial charge in [0.25, 0.3) is 0 Å². The summed E-state index contributed by atoms with van der Waals surface area (Å²) < 4.78 is 1.34. The summed E-state index contributed by atoms with van der Waals surface area (Å²) in [6, 6.07) is 17.1. The van der Waals surface area contributed by atoms with Crippen LogP contribution in [0.3, 0.4) is 0 Å². The van der Waals surface area contributed by atoms with Crippen LogP contribution >= 0.6 is 10.5 Å². The van der Waals surface area contributed by atoms with Gasteiger partial charge < -0.3 is 0 Å². The molecular weight excluding hydrogens is 214 g/mol. The zero-order valence-electron chi connectivity index (χ0n) is 9.05. The predicted molar refractivity (Wildman–Crippen MR) is 70.3 cm³/mol. The molecule has 3 rings (SSSR count). The molecule has 0 saturated carbocycles. The Morgan fingerprint density at radius 3 is 2.62 bits per heavy atom. The molecule has 0 N–H and O–H groups in total. The Bertz CT molecular complexity index is 626. The van der Waals surface area contributed by atoms with Crippen molar-refractivity contribution in [3.8, 4) is 4.90 Å². The van der Waals surface area contributed by atoms with Gasteiger partial charge in [0, 0.05) is 16.5 Å². The Labute approximate surface area is 97.4 Å². The highest BCUT2D eigenvalue weighted by atomic mass is 32.2. The van der Waals surface area contributed by atoms with Crippen molar-refractivity contribution < 1.29 is 0 Å². The maximum Gasteiger partial charge on any atom is 0.236 e. The zero-order chi connectivity index (χ0) is 11.0. The molecule has 78 valence electrons. The van der Waals surface area contributed by atoms with E-state index in [1.165, 1.54) is 15.2 Å². The summed E-state index contributed by atoms with van der Waals surface area (Å²) in [5, 5.41) is 0. The Balaban J connectivity index is 2.26. The van der Waals surface area contributed by atoms with Crippen molar-refractivity contribution in [1.82, 2.24) is 4.98 Å². The first kappa shape index (κ1) is 9.55. The predicted octanol–water partition coefficient (Wildman–Crippen LogP) is 4.28. The van der Waals surface area contributed by atoms with Crippen LogP contribution in [0, 0.1) is 6.92 Å². The molecule has 0 spiro atoms. The van der Waals surface area contributed by atoms with E-state index in [-0.39, 0.29) is 10.5 Å². The van der Waals surface area contributed by atoms with Crippen LogP contribution < -0.4 is 0 Å². The first-order valence-corrected chi connectivity index (χ1v) is 6.56. The normalized spacial score (nSPS) is 11.9. The number of benzene rings is 2. The highest BCUT2D eigenvalue weighted by Crippen LogP contribution is 2.37. The summed E-state index contributed by atoms with van der Waals surface area (Å²) in [4.78, 5) is 5.85. The Hall–Kier alpha value is -1.67. The van der Waals surface area contributed by atoms with Crippen LogP contribution in [-0.4, -0.2) is 4.98 Å². The molecule has 0 aliphatic heterocycles. The van der Waals surface area contributed by atoms with E-state index < -0.39 is 0 Å². The Kier molecular flexibility index (Phi) is 2.22. The lowest BCUT2D eigenvalue weighted by Gasteiger charge is -1.90. The van der Waals surface area contributed by atoms with Gasteiger partial charge in [0.15, 0.2) is 4.90 Å². The van der Waals surface area contributed by atoms with Crippen LogP contribution in [0.5, 0.6) is 0 Å². The average Bonchev–Trinajstić information content (AvgIpc) is 2.73. The van der Waals surface area contributed by atoms with Gasteiger partial charge in [-0.15, -0.1) is 0 Å². The smallest absolute Gasteiger partial charge is 0.199 e. The third-order valence-electron chi connectivity index (χ3n) is 2.65. The summed E-state index contributed by atoms with van der Waals surface area (Å²) in [6.45, 7) is 2.11. The van der Waals surface area contributed by atoms with Crippen molar-refractivity contribution in [2.45, 2.75) is 6.92 Å².